The number of fused-ring (bicyclic) bond motifs is 1. The molecular formula is C14H18N2S. The summed E-state index contributed by atoms with van der Waals surface area (Å²) in [6, 6.07) is 7.52. The molecule has 1 heterocycles. The minimum absolute atomic E-state index is 0.735. The molecule has 1 aliphatic carbocycles. The van der Waals surface area contributed by atoms with Crippen molar-refractivity contribution in [2.45, 2.75) is 37.6 Å². The highest BCUT2D eigenvalue weighted by Crippen LogP contribution is 2.34. The first-order valence-electron chi connectivity index (χ1n) is 6.37. The first kappa shape index (κ1) is 11.2. The topological polar surface area (TPSA) is 24.9 Å². The zero-order chi connectivity index (χ0) is 11.7. The Bertz CT molecular complexity index is 498. The SMILES string of the molecule is CNC1CCC(c2ccc3ncsc3c2)CC1. The van der Waals surface area contributed by atoms with E-state index in [9.17, 15) is 0 Å². The van der Waals surface area contributed by atoms with E-state index in [4.69, 9.17) is 0 Å². The van der Waals surface area contributed by atoms with Gasteiger partial charge in [0.05, 0.1) is 15.7 Å². The molecule has 0 atom stereocenters. The number of benzene rings is 1. The van der Waals surface area contributed by atoms with Gasteiger partial charge in [-0.25, -0.2) is 4.98 Å². The third-order valence-corrected chi connectivity index (χ3v) is 4.75. The third kappa shape index (κ3) is 2.22. The lowest BCUT2D eigenvalue weighted by molar-refractivity contribution is 0.359. The van der Waals surface area contributed by atoms with Gasteiger partial charge in [0.15, 0.2) is 0 Å². The van der Waals surface area contributed by atoms with E-state index in [-0.39, 0.29) is 0 Å². The van der Waals surface area contributed by atoms with E-state index >= 15 is 0 Å². The molecule has 90 valence electrons. The standard InChI is InChI=1S/C14H18N2S/c1-15-12-5-2-10(3-6-12)11-4-7-13-14(8-11)17-9-16-13/h4,7-10,12,15H,2-3,5-6H2,1H3. The van der Waals surface area contributed by atoms with Crippen LogP contribution in [-0.4, -0.2) is 18.1 Å². The maximum Gasteiger partial charge on any atom is 0.0812 e. The van der Waals surface area contributed by atoms with Crippen molar-refractivity contribution in [3.05, 3.63) is 29.3 Å². The van der Waals surface area contributed by atoms with Gasteiger partial charge < -0.3 is 5.32 Å². The summed E-state index contributed by atoms with van der Waals surface area (Å²) < 4.78 is 1.33. The molecule has 1 saturated carbocycles. The minimum Gasteiger partial charge on any atom is -0.317 e. The lowest BCUT2D eigenvalue weighted by Gasteiger charge is -2.28. The summed E-state index contributed by atoms with van der Waals surface area (Å²) in [5.74, 6) is 0.756. The van der Waals surface area contributed by atoms with Crippen LogP contribution in [0.1, 0.15) is 37.2 Å². The van der Waals surface area contributed by atoms with Crippen molar-refractivity contribution in [1.82, 2.24) is 10.3 Å². The second kappa shape index (κ2) is 4.75. The Morgan fingerprint density at radius 2 is 2.06 bits per heavy atom. The van der Waals surface area contributed by atoms with Crippen LogP contribution in [0.2, 0.25) is 0 Å². The molecular weight excluding hydrogens is 228 g/mol. The molecule has 0 saturated heterocycles. The summed E-state index contributed by atoms with van der Waals surface area (Å²) in [5.41, 5.74) is 4.59. The molecule has 0 unspecified atom stereocenters. The van der Waals surface area contributed by atoms with Gasteiger partial charge >= 0.3 is 0 Å². The van der Waals surface area contributed by atoms with Gasteiger partial charge in [-0.05, 0) is 56.3 Å². The van der Waals surface area contributed by atoms with E-state index in [1.54, 1.807) is 11.3 Å². The maximum absolute atomic E-state index is 4.34. The minimum atomic E-state index is 0.735. The average Bonchev–Trinajstić information content (AvgIpc) is 2.86. The number of nitrogens with one attached hydrogen (secondary N) is 1. The van der Waals surface area contributed by atoms with E-state index in [2.05, 4.69) is 35.5 Å². The smallest absolute Gasteiger partial charge is 0.0812 e. The molecule has 1 aliphatic rings. The van der Waals surface area contributed by atoms with Gasteiger partial charge in [0.25, 0.3) is 0 Å². The Morgan fingerprint density at radius 1 is 1.24 bits per heavy atom. The van der Waals surface area contributed by atoms with Crippen LogP contribution in [0.25, 0.3) is 10.2 Å². The quantitative estimate of drug-likeness (QED) is 0.876. The molecule has 1 aromatic carbocycles. The molecule has 0 spiro atoms. The van der Waals surface area contributed by atoms with Crippen LogP contribution in [0.5, 0.6) is 0 Å². The Morgan fingerprint density at radius 3 is 2.82 bits per heavy atom. The molecule has 1 aromatic heterocycles. The highest BCUT2D eigenvalue weighted by Gasteiger charge is 2.21. The van der Waals surface area contributed by atoms with E-state index in [0.717, 1.165) is 17.5 Å². The van der Waals surface area contributed by atoms with Crippen molar-refractivity contribution in [2.75, 3.05) is 7.05 Å². The number of hydrogen-bond donors (Lipinski definition) is 1. The highest BCUT2D eigenvalue weighted by atomic mass is 32.1. The monoisotopic (exact) mass is 246 g/mol. The normalized spacial score (nSPS) is 25.2. The predicted octanol–water partition coefficient (Wildman–Crippen LogP) is 3.54. The third-order valence-electron chi connectivity index (χ3n) is 3.96. The molecule has 0 bridgehead atoms. The van der Waals surface area contributed by atoms with Crippen LogP contribution in [-0.2, 0) is 0 Å². The lowest BCUT2D eigenvalue weighted by atomic mass is 9.82. The Hall–Kier alpha value is -0.930. The summed E-state index contributed by atoms with van der Waals surface area (Å²) in [5, 5.41) is 3.39. The molecule has 2 aromatic rings. The summed E-state index contributed by atoms with van der Waals surface area (Å²) in [7, 11) is 2.08. The summed E-state index contributed by atoms with van der Waals surface area (Å²) in [4.78, 5) is 4.34. The fraction of sp³-hybridized carbons (Fsp3) is 0.500. The average molecular weight is 246 g/mol. The van der Waals surface area contributed by atoms with Crippen molar-refractivity contribution in [3.63, 3.8) is 0 Å². The molecule has 3 heteroatoms. The molecule has 0 aliphatic heterocycles. The van der Waals surface area contributed by atoms with Gasteiger partial charge in [-0.1, -0.05) is 6.07 Å². The van der Waals surface area contributed by atoms with Gasteiger partial charge in [0.1, 0.15) is 0 Å². The molecule has 2 nitrogen and oxygen atoms in total. The van der Waals surface area contributed by atoms with Crippen LogP contribution in [0.4, 0.5) is 0 Å². The molecule has 17 heavy (non-hydrogen) atoms. The van der Waals surface area contributed by atoms with Crippen LogP contribution >= 0.6 is 11.3 Å². The first-order valence-corrected chi connectivity index (χ1v) is 7.25. The molecule has 1 N–H and O–H groups in total. The number of aromatic nitrogens is 1. The fourth-order valence-electron chi connectivity index (χ4n) is 2.84. The van der Waals surface area contributed by atoms with Gasteiger partial charge in [0, 0.05) is 6.04 Å². The maximum atomic E-state index is 4.34. The van der Waals surface area contributed by atoms with Gasteiger partial charge in [-0.3, -0.25) is 0 Å². The van der Waals surface area contributed by atoms with Crippen molar-refractivity contribution >= 4 is 21.6 Å². The van der Waals surface area contributed by atoms with Crippen LogP contribution in [0.15, 0.2) is 23.7 Å². The molecule has 0 amide bonds. The highest BCUT2D eigenvalue weighted by molar-refractivity contribution is 7.16. The van der Waals surface area contributed by atoms with Crippen molar-refractivity contribution in [1.29, 1.82) is 0 Å². The predicted molar refractivity (Wildman–Crippen MR) is 73.7 cm³/mol. The van der Waals surface area contributed by atoms with E-state index in [0.29, 0.717) is 0 Å². The Balaban J connectivity index is 1.79. The van der Waals surface area contributed by atoms with Gasteiger partial charge in [0.2, 0.25) is 0 Å². The first-order chi connectivity index (χ1) is 8.36. The number of hydrogen-bond acceptors (Lipinski definition) is 3. The Kier molecular flexibility index (Phi) is 3.12. The van der Waals surface area contributed by atoms with Crippen LogP contribution in [0.3, 0.4) is 0 Å². The lowest BCUT2D eigenvalue weighted by Crippen LogP contribution is -2.29. The number of rotatable bonds is 2. The van der Waals surface area contributed by atoms with Crippen molar-refractivity contribution in [2.24, 2.45) is 0 Å². The van der Waals surface area contributed by atoms with Crippen LogP contribution < -0.4 is 5.32 Å². The summed E-state index contributed by atoms with van der Waals surface area (Å²) >= 11 is 1.75. The fourth-order valence-corrected chi connectivity index (χ4v) is 3.57. The second-order valence-corrected chi connectivity index (χ2v) is 5.80. The Labute approximate surface area is 106 Å². The van der Waals surface area contributed by atoms with Crippen LogP contribution in [0, 0.1) is 0 Å². The number of thiazole rings is 1. The second-order valence-electron chi connectivity index (χ2n) is 4.92. The number of nitrogens with zero attached hydrogens (tertiary/aromatic N) is 1. The zero-order valence-corrected chi connectivity index (χ0v) is 11.0. The van der Waals surface area contributed by atoms with Gasteiger partial charge in [-0.2, -0.15) is 0 Å². The van der Waals surface area contributed by atoms with E-state index in [1.807, 2.05) is 5.51 Å². The largest absolute Gasteiger partial charge is 0.317 e. The van der Waals surface area contributed by atoms with Gasteiger partial charge in [-0.15, -0.1) is 11.3 Å². The molecule has 1 fully saturated rings. The molecule has 0 radical (unpaired) electrons. The van der Waals surface area contributed by atoms with Crippen molar-refractivity contribution in [3.8, 4) is 0 Å². The molecule has 3 rings (SSSR count). The summed E-state index contributed by atoms with van der Waals surface area (Å²) in [6.07, 6.45) is 5.25. The van der Waals surface area contributed by atoms with Crippen molar-refractivity contribution < 1.29 is 0 Å². The zero-order valence-electron chi connectivity index (χ0n) is 10.1. The summed E-state index contributed by atoms with van der Waals surface area (Å²) in [6.45, 7) is 0. The van der Waals surface area contributed by atoms with E-state index in [1.165, 1.54) is 35.9 Å². The van der Waals surface area contributed by atoms with E-state index < -0.39 is 0 Å².